The highest BCUT2D eigenvalue weighted by atomic mass is 32.1. The van der Waals surface area contributed by atoms with Crippen LogP contribution in [0.15, 0.2) is 6.20 Å². The summed E-state index contributed by atoms with van der Waals surface area (Å²) < 4.78 is 0. The van der Waals surface area contributed by atoms with E-state index < -0.39 is 11.4 Å². The van der Waals surface area contributed by atoms with Crippen molar-refractivity contribution in [3.63, 3.8) is 0 Å². The molecular formula is C12H17N3O3S. The minimum Gasteiger partial charge on any atom is -0.481 e. The normalized spacial score (nSPS) is 23.3. The fourth-order valence-corrected chi connectivity index (χ4v) is 3.11. The van der Waals surface area contributed by atoms with Gasteiger partial charge in [-0.2, -0.15) is 0 Å². The molecule has 1 aliphatic heterocycles. The first kappa shape index (κ1) is 13.8. The summed E-state index contributed by atoms with van der Waals surface area (Å²) in [6.07, 6.45) is 3.30. The Morgan fingerprint density at radius 1 is 1.63 bits per heavy atom. The van der Waals surface area contributed by atoms with Crippen LogP contribution < -0.4 is 5.73 Å². The largest absolute Gasteiger partial charge is 0.481 e. The summed E-state index contributed by atoms with van der Waals surface area (Å²) in [5.41, 5.74) is 4.70. The molecule has 19 heavy (non-hydrogen) atoms. The number of amides is 1. The number of piperidine rings is 1. The van der Waals surface area contributed by atoms with Gasteiger partial charge >= 0.3 is 5.97 Å². The summed E-state index contributed by atoms with van der Waals surface area (Å²) in [7, 11) is 0. The Morgan fingerprint density at radius 3 is 2.89 bits per heavy atom. The Labute approximate surface area is 115 Å². The van der Waals surface area contributed by atoms with Crippen molar-refractivity contribution in [3.8, 4) is 0 Å². The topological polar surface area (TPSA) is 96.5 Å². The van der Waals surface area contributed by atoms with E-state index in [2.05, 4.69) is 4.98 Å². The third-order valence-corrected chi connectivity index (χ3v) is 4.54. The zero-order chi connectivity index (χ0) is 14.0. The molecule has 0 aromatic carbocycles. The molecule has 1 amide bonds. The summed E-state index contributed by atoms with van der Waals surface area (Å²) >= 11 is 1.13. The van der Waals surface area contributed by atoms with E-state index in [0.717, 1.165) is 11.3 Å². The molecule has 104 valence electrons. The van der Waals surface area contributed by atoms with Crippen molar-refractivity contribution in [2.24, 2.45) is 5.41 Å². The number of nitrogen functional groups attached to an aromatic ring is 1. The van der Waals surface area contributed by atoms with E-state index in [9.17, 15) is 14.7 Å². The number of thiazole rings is 1. The quantitative estimate of drug-likeness (QED) is 0.875. The van der Waals surface area contributed by atoms with E-state index in [-0.39, 0.29) is 12.5 Å². The molecule has 1 aromatic rings. The molecule has 1 atom stereocenters. The van der Waals surface area contributed by atoms with Crippen LogP contribution in [-0.2, 0) is 4.79 Å². The molecule has 2 heterocycles. The maximum Gasteiger partial charge on any atom is 0.311 e. The van der Waals surface area contributed by atoms with Gasteiger partial charge in [0, 0.05) is 13.1 Å². The predicted molar refractivity (Wildman–Crippen MR) is 72.0 cm³/mol. The van der Waals surface area contributed by atoms with Crippen molar-refractivity contribution in [1.82, 2.24) is 9.88 Å². The molecule has 1 fully saturated rings. The Balaban J connectivity index is 2.17. The van der Waals surface area contributed by atoms with E-state index in [4.69, 9.17) is 5.73 Å². The first-order chi connectivity index (χ1) is 8.98. The Kier molecular flexibility index (Phi) is 3.75. The van der Waals surface area contributed by atoms with Crippen LogP contribution in [-0.4, -0.2) is 40.0 Å². The molecule has 2 rings (SSSR count). The van der Waals surface area contributed by atoms with Gasteiger partial charge in [0.05, 0.1) is 11.6 Å². The van der Waals surface area contributed by atoms with Gasteiger partial charge in [0.25, 0.3) is 5.91 Å². The summed E-state index contributed by atoms with van der Waals surface area (Å²) in [4.78, 5) is 29.7. The molecule has 1 saturated heterocycles. The van der Waals surface area contributed by atoms with Crippen molar-refractivity contribution >= 4 is 28.3 Å². The number of carboxylic acids is 1. The predicted octanol–water partition coefficient (Wildman–Crippen LogP) is 1.44. The zero-order valence-electron chi connectivity index (χ0n) is 10.8. The van der Waals surface area contributed by atoms with Crippen LogP contribution in [0.25, 0.3) is 0 Å². The number of rotatable bonds is 3. The number of nitrogens with two attached hydrogens (primary N) is 1. The number of hydrogen-bond donors (Lipinski definition) is 2. The van der Waals surface area contributed by atoms with Crippen LogP contribution in [0, 0.1) is 5.41 Å². The van der Waals surface area contributed by atoms with Crippen LogP contribution in [0.1, 0.15) is 35.9 Å². The van der Waals surface area contributed by atoms with Gasteiger partial charge in [0.1, 0.15) is 4.88 Å². The van der Waals surface area contributed by atoms with Crippen molar-refractivity contribution in [2.45, 2.75) is 26.2 Å². The lowest BCUT2D eigenvalue weighted by Gasteiger charge is -2.39. The molecule has 0 unspecified atom stereocenters. The average molecular weight is 283 g/mol. The lowest BCUT2D eigenvalue weighted by molar-refractivity contribution is -0.152. The SMILES string of the molecule is CC[C@@]1(C(=O)O)CCCN(C(=O)c2cnc(N)s2)C1. The zero-order valence-corrected chi connectivity index (χ0v) is 11.6. The number of nitrogens with zero attached hydrogens (tertiary/aromatic N) is 2. The first-order valence-electron chi connectivity index (χ1n) is 6.22. The molecule has 6 nitrogen and oxygen atoms in total. The van der Waals surface area contributed by atoms with E-state index in [0.29, 0.717) is 35.8 Å². The number of carbonyl (C=O) groups is 2. The van der Waals surface area contributed by atoms with Gasteiger partial charge in [-0.05, 0) is 19.3 Å². The van der Waals surface area contributed by atoms with Gasteiger partial charge in [0.15, 0.2) is 5.13 Å². The van der Waals surface area contributed by atoms with Gasteiger partial charge in [-0.15, -0.1) is 0 Å². The van der Waals surface area contributed by atoms with E-state index in [1.165, 1.54) is 6.20 Å². The Morgan fingerprint density at radius 2 is 2.37 bits per heavy atom. The second-order valence-corrected chi connectivity index (χ2v) is 5.89. The van der Waals surface area contributed by atoms with Gasteiger partial charge in [-0.25, -0.2) is 4.98 Å². The molecule has 0 spiro atoms. The molecular weight excluding hydrogens is 266 g/mol. The number of anilines is 1. The second kappa shape index (κ2) is 5.16. The number of carbonyl (C=O) groups excluding carboxylic acids is 1. The molecule has 0 aliphatic carbocycles. The van der Waals surface area contributed by atoms with Gasteiger partial charge in [-0.3, -0.25) is 9.59 Å². The molecule has 0 bridgehead atoms. The summed E-state index contributed by atoms with van der Waals surface area (Å²) in [5, 5.41) is 9.74. The van der Waals surface area contributed by atoms with Crippen molar-refractivity contribution < 1.29 is 14.7 Å². The van der Waals surface area contributed by atoms with E-state index >= 15 is 0 Å². The summed E-state index contributed by atoms with van der Waals surface area (Å²) in [6, 6.07) is 0. The smallest absolute Gasteiger partial charge is 0.311 e. The lowest BCUT2D eigenvalue weighted by Crippen LogP contribution is -2.49. The highest BCUT2D eigenvalue weighted by Gasteiger charge is 2.42. The van der Waals surface area contributed by atoms with Crippen LogP contribution in [0.4, 0.5) is 5.13 Å². The van der Waals surface area contributed by atoms with Crippen molar-refractivity contribution in [1.29, 1.82) is 0 Å². The fraction of sp³-hybridized carbons (Fsp3) is 0.583. The molecule has 7 heteroatoms. The molecule has 0 saturated carbocycles. The second-order valence-electron chi connectivity index (χ2n) is 4.83. The lowest BCUT2D eigenvalue weighted by atomic mass is 9.77. The van der Waals surface area contributed by atoms with Crippen LogP contribution in [0.3, 0.4) is 0 Å². The summed E-state index contributed by atoms with van der Waals surface area (Å²) in [5.74, 6) is -0.996. The number of likely N-dealkylation sites (tertiary alicyclic amines) is 1. The van der Waals surface area contributed by atoms with Crippen molar-refractivity contribution in [3.05, 3.63) is 11.1 Å². The third-order valence-electron chi connectivity index (χ3n) is 3.73. The van der Waals surface area contributed by atoms with Crippen LogP contribution in [0.2, 0.25) is 0 Å². The highest BCUT2D eigenvalue weighted by Crippen LogP contribution is 2.34. The Bertz CT molecular complexity index is 502. The van der Waals surface area contributed by atoms with Crippen molar-refractivity contribution in [2.75, 3.05) is 18.8 Å². The standard InChI is InChI=1S/C12H17N3O3S/c1-2-12(10(17)18)4-3-5-15(7-12)9(16)8-6-14-11(13)19-8/h6H,2-5,7H2,1H3,(H2,13,14)(H,17,18)/t12-/m1/s1. The van der Waals surface area contributed by atoms with Gasteiger partial charge in [0.2, 0.25) is 0 Å². The average Bonchev–Trinajstić information content (AvgIpc) is 2.84. The number of hydrogen-bond acceptors (Lipinski definition) is 5. The fourth-order valence-electron chi connectivity index (χ4n) is 2.46. The number of carboxylic acid groups (broad SMARTS) is 1. The molecule has 1 aliphatic rings. The number of aliphatic carboxylic acids is 1. The molecule has 0 radical (unpaired) electrons. The highest BCUT2D eigenvalue weighted by molar-refractivity contribution is 7.17. The van der Waals surface area contributed by atoms with Gasteiger partial charge < -0.3 is 15.7 Å². The minimum atomic E-state index is -0.823. The Hall–Kier alpha value is -1.63. The molecule has 3 N–H and O–H groups in total. The van der Waals surface area contributed by atoms with Crippen LogP contribution in [0.5, 0.6) is 0 Å². The summed E-state index contributed by atoms with van der Waals surface area (Å²) in [6.45, 7) is 2.70. The first-order valence-corrected chi connectivity index (χ1v) is 7.04. The maximum atomic E-state index is 12.3. The maximum absolute atomic E-state index is 12.3. The van der Waals surface area contributed by atoms with Gasteiger partial charge in [-0.1, -0.05) is 18.3 Å². The molecule has 1 aromatic heterocycles. The van der Waals surface area contributed by atoms with E-state index in [1.54, 1.807) is 4.90 Å². The van der Waals surface area contributed by atoms with E-state index in [1.807, 2.05) is 6.92 Å². The monoisotopic (exact) mass is 283 g/mol. The third kappa shape index (κ3) is 2.56. The number of aromatic nitrogens is 1. The minimum absolute atomic E-state index is 0.173. The van der Waals surface area contributed by atoms with Crippen LogP contribution >= 0.6 is 11.3 Å².